The van der Waals surface area contributed by atoms with Gasteiger partial charge in [-0.3, -0.25) is 4.79 Å². The number of amides is 1. The average Bonchev–Trinajstić information content (AvgIpc) is 2.78. The van der Waals surface area contributed by atoms with Gasteiger partial charge in [0.25, 0.3) is 5.91 Å². The summed E-state index contributed by atoms with van der Waals surface area (Å²) in [5.74, 6) is -0.620. The topological polar surface area (TPSA) is 86.8 Å². The zero-order valence-electron chi connectivity index (χ0n) is 11.3. The van der Waals surface area contributed by atoms with Crippen molar-refractivity contribution in [3.63, 3.8) is 0 Å². The van der Waals surface area contributed by atoms with Gasteiger partial charge in [0.2, 0.25) is 0 Å². The molecule has 1 aromatic rings. The Kier molecular flexibility index (Phi) is 3.98. The monoisotopic (exact) mass is 308 g/mol. The Morgan fingerprint density at radius 2 is 2.19 bits per heavy atom. The van der Waals surface area contributed by atoms with E-state index in [-0.39, 0.29) is 30.0 Å². The van der Waals surface area contributed by atoms with Gasteiger partial charge in [-0.1, -0.05) is 5.16 Å². The van der Waals surface area contributed by atoms with Crippen molar-refractivity contribution in [1.29, 1.82) is 0 Å². The van der Waals surface area contributed by atoms with Crippen LogP contribution in [0.4, 0.5) is 13.2 Å². The molecule has 1 saturated heterocycles. The quantitative estimate of drug-likeness (QED) is 0.851. The third kappa shape index (κ3) is 2.75. The largest absolute Gasteiger partial charge is 0.418 e. The summed E-state index contributed by atoms with van der Waals surface area (Å²) in [4.78, 5) is 13.2. The highest BCUT2D eigenvalue weighted by atomic mass is 19.4. The molecule has 1 atom stereocenters. The van der Waals surface area contributed by atoms with Crippen LogP contribution in [0.5, 0.6) is 0 Å². The van der Waals surface area contributed by atoms with Gasteiger partial charge < -0.3 is 19.6 Å². The Morgan fingerprint density at radius 1 is 1.52 bits per heavy atom. The molecule has 1 unspecified atom stereocenters. The van der Waals surface area contributed by atoms with Gasteiger partial charge in [0.05, 0.1) is 13.2 Å². The van der Waals surface area contributed by atoms with Crippen LogP contribution >= 0.6 is 0 Å². The number of aliphatic hydroxyl groups excluding tert-OH is 1. The Hall–Kier alpha value is -1.61. The van der Waals surface area contributed by atoms with Gasteiger partial charge in [-0.25, -0.2) is 0 Å². The summed E-state index contributed by atoms with van der Waals surface area (Å²) in [5.41, 5.74) is -2.99. The van der Waals surface area contributed by atoms with Gasteiger partial charge in [-0.05, 0) is 19.8 Å². The van der Waals surface area contributed by atoms with Crippen LogP contribution in [0.3, 0.4) is 0 Å². The summed E-state index contributed by atoms with van der Waals surface area (Å²) in [6.45, 7) is 0.118. The summed E-state index contributed by atoms with van der Waals surface area (Å²) in [6.07, 6.45) is -5.23. The molecule has 0 spiro atoms. The minimum atomic E-state index is -4.81. The maximum absolute atomic E-state index is 12.9. The molecule has 2 rings (SSSR count). The molecule has 1 amide bonds. The van der Waals surface area contributed by atoms with E-state index in [1.54, 1.807) is 0 Å². The minimum absolute atomic E-state index is 0.0283. The third-order valence-corrected chi connectivity index (χ3v) is 3.58. The Balaban J connectivity index is 2.26. The first kappa shape index (κ1) is 15.8. The second-order valence-corrected chi connectivity index (χ2v) is 5.08. The van der Waals surface area contributed by atoms with E-state index >= 15 is 0 Å². The van der Waals surface area contributed by atoms with E-state index in [0.717, 1.165) is 4.90 Å². The number of hydrogen-bond donors (Lipinski definition) is 2. The summed E-state index contributed by atoms with van der Waals surface area (Å²) in [6, 6.07) is 0. The molecule has 1 aliphatic rings. The second kappa shape index (κ2) is 5.30. The van der Waals surface area contributed by atoms with Gasteiger partial charge >= 0.3 is 6.18 Å². The number of halogens is 3. The minimum Gasteiger partial charge on any atom is -0.390 e. The molecule has 2 N–H and O–H groups in total. The molecule has 21 heavy (non-hydrogen) atoms. The highest BCUT2D eigenvalue weighted by molar-refractivity contribution is 5.96. The Morgan fingerprint density at radius 3 is 2.76 bits per heavy atom. The van der Waals surface area contributed by atoms with E-state index in [0.29, 0.717) is 0 Å². The molecule has 0 bridgehead atoms. The van der Waals surface area contributed by atoms with Gasteiger partial charge in [-0.2, -0.15) is 13.2 Å². The third-order valence-electron chi connectivity index (χ3n) is 3.58. The number of hydrogen-bond acceptors (Lipinski definition) is 5. The van der Waals surface area contributed by atoms with E-state index in [9.17, 15) is 23.1 Å². The Labute approximate surface area is 118 Å². The van der Waals surface area contributed by atoms with Gasteiger partial charge in [0.15, 0.2) is 5.60 Å². The number of carbonyl (C=O) groups is 1. The maximum atomic E-state index is 12.9. The van der Waals surface area contributed by atoms with Crippen LogP contribution in [0.1, 0.15) is 34.7 Å². The zero-order valence-corrected chi connectivity index (χ0v) is 11.3. The van der Waals surface area contributed by atoms with Crippen LogP contribution in [0.15, 0.2) is 4.52 Å². The highest BCUT2D eigenvalue weighted by Crippen LogP contribution is 2.37. The van der Waals surface area contributed by atoms with Gasteiger partial charge in [0, 0.05) is 6.54 Å². The van der Waals surface area contributed by atoms with Crippen LogP contribution in [0, 0.1) is 6.92 Å². The van der Waals surface area contributed by atoms with Crippen molar-refractivity contribution in [3.8, 4) is 0 Å². The van der Waals surface area contributed by atoms with Crippen LogP contribution < -0.4 is 0 Å². The molecule has 0 aliphatic carbocycles. The van der Waals surface area contributed by atoms with Crippen molar-refractivity contribution in [1.82, 2.24) is 10.1 Å². The first-order valence-corrected chi connectivity index (χ1v) is 6.34. The fourth-order valence-corrected chi connectivity index (χ4v) is 2.40. The molecule has 2 heterocycles. The van der Waals surface area contributed by atoms with Crippen molar-refractivity contribution in [2.24, 2.45) is 0 Å². The van der Waals surface area contributed by atoms with Gasteiger partial charge in [-0.15, -0.1) is 0 Å². The lowest BCUT2D eigenvalue weighted by atomic mass is 9.91. The van der Waals surface area contributed by atoms with Crippen LogP contribution in [0.2, 0.25) is 0 Å². The number of carbonyl (C=O) groups excluding carboxylic acids is 1. The number of aromatic nitrogens is 1. The molecule has 1 fully saturated rings. The van der Waals surface area contributed by atoms with E-state index in [1.807, 2.05) is 0 Å². The lowest BCUT2D eigenvalue weighted by Gasteiger charge is -2.40. The summed E-state index contributed by atoms with van der Waals surface area (Å²) in [5, 5.41) is 22.3. The second-order valence-electron chi connectivity index (χ2n) is 5.08. The smallest absolute Gasteiger partial charge is 0.390 e. The van der Waals surface area contributed by atoms with Crippen LogP contribution in [0.25, 0.3) is 0 Å². The molecule has 0 saturated carbocycles. The molecular formula is C12H15F3N2O4. The molecule has 6 nitrogen and oxygen atoms in total. The molecule has 1 aromatic heterocycles. The lowest BCUT2D eigenvalue weighted by molar-refractivity contribution is -0.271. The van der Waals surface area contributed by atoms with Crippen LogP contribution in [-0.4, -0.2) is 51.0 Å². The molecule has 0 aromatic carbocycles. The van der Waals surface area contributed by atoms with E-state index < -0.39 is 37.3 Å². The first-order valence-electron chi connectivity index (χ1n) is 6.34. The number of β-amino-alcohol motifs (C(OH)–C–C–N with tert-alkyl or cyclic N) is 1. The number of aliphatic hydroxyl groups is 2. The molecule has 9 heteroatoms. The Bertz CT molecular complexity index is 543. The average molecular weight is 308 g/mol. The summed E-state index contributed by atoms with van der Waals surface area (Å²) < 4.78 is 43.4. The SMILES string of the molecule is Cc1onc(CO)c1C(=O)N1CCCC(O)(C(F)(F)F)C1. The van der Waals surface area contributed by atoms with Gasteiger partial charge in [0.1, 0.15) is 17.0 Å². The number of alkyl halides is 3. The maximum Gasteiger partial charge on any atom is 0.418 e. The fraction of sp³-hybridized carbons (Fsp3) is 0.667. The number of rotatable bonds is 2. The number of piperidine rings is 1. The normalized spacial score (nSPS) is 23.4. The standard InChI is InChI=1S/C12H15F3N2O4/c1-7-9(8(5-18)16-21-7)10(19)17-4-2-3-11(20,6-17)12(13,14)15/h18,20H,2-6H2,1H3. The molecule has 118 valence electrons. The van der Waals surface area contributed by atoms with Crippen molar-refractivity contribution in [2.45, 2.75) is 38.1 Å². The summed E-state index contributed by atoms with van der Waals surface area (Å²) >= 11 is 0. The molecule has 0 radical (unpaired) electrons. The lowest BCUT2D eigenvalue weighted by Crippen LogP contribution is -2.58. The number of aryl methyl sites for hydroxylation is 1. The van der Waals surface area contributed by atoms with Crippen molar-refractivity contribution < 1.29 is 32.7 Å². The van der Waals surface area contributed by atoms with Crippen molar-refractivity contribution in [3.05, 3.63) is 17.0 Å². The highest BCUT2D eigenvalue weighted by Gasteiger charge is 2.56. The predicted octanol–water partition coefficient (Wildman–Crippen LogP) is 1.00. The zero-order chi connectivity index (χ0) is 15.8. The van der Waals surface area contributed by atoms with E-state index in [2.05, 4.69) is 5.16 Å². The summed E-state index contributed by atoms with van der Waals surface area (Å²) in [7, 11) is 0. The first-order chi connectivity index (χ1) is 9.69. The van der Waals surface area contributed by atoms with Crippen LogP contribution in [-0.2, 0) is 6.61 Å². The number of nitrogens with zero attached hydrogens (tertiary/aromatic N) is 2. The van der Waals surface area contributed by atoms with Crippen molar-refractivity contribution >= 4 is 5.91 Å². The number of likely N-dealkylation sites (tertiary alicyclic amines) is 1. The molecule has 1 aliphatic heterocycles. The van der Waals surface area contributed by atoms with E-state index in [1.165, 1.54) is 6.92 Å². The predicted molar refractivity (Wildman–Crippen MR) is 63.3 cm³/mol. The molecular weight excluding hydrogens is 293 g/mol. The van der Waals surface area contributed by atoms with Crippen molar-refractivity contribution in [2.75, 3.05) is 13.1 Å². The van der Waals surface area contributed by atoms with E-state index in [4.69, 9.17) is 9.63 Å². The fourth-order valence-electron chi connectivity index (χ4n) is 2.40.